The summed E-state index contributed by atoms with van der Waals surface area (Å²) in [6.45, 7) is 2.59. The van der Waals surface area contributed by atoms with Crippen LogP contribution >= 0.6 is 35.6 Å². The first-order chi connectivity index (χ1) is 7.79. The molecule has 0 aromatic rings. The van der Waals surface area contributed by atoms with E-state index in [0.717, 1.165) is 30.1 Å². The predicted molar refractivity (Wildman–Crippen MR) is 71.9 cm³/mol. The van der Waals surface area contributed by atoms with E-state index < -0.39 is 0 Å². The lowest BCUT2D eigenvalue weighted by atomic mass is 10.1. The molecule has 0 amide bonds. The monoisotopic (exact) mass is 282 g/mol. The number of rotatable bonds is 7. The van der Waals surface area contributed by atoms with Crippen molar-refractivity contribution in [3.63, 3.8) is 0 Å². The van der Waals surface area contributed by atoms with Crippen LogP contribution in [0.4, 0.5) is 0 Å². The van der Waals surface area contributed by atoms with E-state index in [2.05, 4.69) is 6.92 Å². The fourth-order valence-corrected chi connectivity index (χ4v) is 5.22. The highest BCUT2D eigenvalue weighted by atomic mass is 32.2. The molecule has 2 unspecified atom stereocenters. The summed E-state index contributed by atoms with van der Waals surface area (Å²) in [4.78, 5) is -0.382. The summed E-state index contributed by atoms with van der Waals surface area (Å²) < 4.78 is 11.8. The minimum Gasteiger partial charge on any atom is -0.394 e. The number of ether oxygens (including phenoxy) is 1. The van der Waals surface area contributed by atoms with Crippen molar-refractivity contribution >= 4 is 35.6 Å². The normalized spacial score (nSPS) is 37.9. The van der Waals surface area contributed by atoms with Crippen molar-refractivity contribution in [2.45, 2.75) is 29.6 Å². The number of thioether (sulfide) groups is 2. The molecule has 0 aromatic carbocycles. The molecule has 0 saturated carbocycles. The Morgan fingerprint density at radius 1 is 1.25 bits per heavy atom. The van der Waals surface area contributed by atoms with Gasteiger partial charge in [-0.25, -0.2) is 0 Å². The molecular weight excluding hydrogens is 264 g/mol. The second-order valence-electron chi connectivity index (χ2n) is 3.76. The van der Waals surface area contributed by atoms with Gasteiger partial charge in [-0.1, -0.05) is 6.92 Å². The predicted octanol–water partition coefficient (Wildman–Crippen LogP) is 2.35. The summed E-state index contributed by atoms with van der Waals surface area (Å²) in [5, 5.41) is 8.89. The maximum absolute atomic E-state index is 8.89. The van der Waals surface area contributed by atoms with Crippen LogP contribution in [0.15, 0.2) is 0 Å². The summed E-state index contributed by atoms with van der Waals surface area (Å²) in [6.07, 6.45) is 2.10. The quantitative estimate of drug-likeness (QED) is 0.723. The van der Waals surface area contributed by atoms with Crippen molar-refractivity contribution in [2.24, 2.45) is 0 Å². The third kappa shape index (κ3) is 2.24. The number of aliphatic hydroxyl groups excluding tert-OH is 1. The summed E-state index contributed by atoms with van der Waals surface area (Å²) in [5.41, 5.74) is 0. The van der Waals surface area contributed by atoms with E-state index in [1.165, 1.54) is 12.0 Å². The lowest BCUT2D eigenvalue weighted by Gasteiger charge is -2.56. The molecule has 2 aliphatic heterocycles. The number of hydrogen-bond acceptors (Lipinski definition) is 6. The van der Waals surface area contributed by atoms with Crippen LogP contribution in [0, 0.1) is 0 Å². The third-order valence-corrected chi connectivity index (χ3v) is 6.74. The lowest BCUT2D eigenvalue weighted by molar-refractivity contribution is -0.0862. The van der Waals surface area contributed by atoms with E-state index in [1.807, 2.05) is 23.5 Å². The Hall–Kier alpha value is 0.930. The zero-order chi connectivity index (χ0) is 11.5. The average Bonchev–Trinajstić information content (AvgIpc) is 2.18. The molecule has 16 heavy (non-hydrogen) atoms. The molecule has 1 N–H and O–H groups in total. The van der Waals surface area contributed by atoms with Crippen LogP contribution < -0.4 is 0 Å². The van der Waals surface area contributed by atoms with Gasteiger partial charge < -0.3 is 9.84 Å². The van der Waals surface area contributed by atoms with Gasteiger partial charge in [0, 0.05) is 17.9 Å². The van der Waals surface area contributed by atoms with Crippen molar-refractivity contribution < 1.29 is 14.0 Å². The maximum atomic E-state index is 8.89. The van der Waals surface area contributed by atoms with Crippen LogP contribution in [-0.2, 0) is 8.92 Å². The van der Waals surface area contributed by atoms with Gasteiger partial charge in [0.2, 0.25) is 0 Å². The summed E-state index contributed by atoms with van der Waals surface area (Å²) >= 11 is 5.21. The van der Waals surface area contributed by atoms with Gasteiger partial charge in [0.15, 0.2) is 9.87 Å². The highest BCUT2D eigenvalue weighted by molar-refractivity contribution is 8.06. The highest BCUT2D eigenvalue weighted by Gasteiger charge is 2.62. The van der Waals surface area contributed by atoms with Crippen LogP contribution in [0.3, 0.4) is 0 Å². The Labute approximate surface area is 110 Å². The van der Waals surface area contributed by atoms with E-state index in [4.69, 9.17) is 14.0 Å². The molecule has 2 aliphatic rings. The highest BCUT2D eigenvalue weighted by Crippen LogP contribution is 2.62. The molecule has 94 valence electrons. The van der Waals surface area contributed by atoms with E-state index >= 15 is 0 Å². The Kier molecular flexibility index (Phi) is 4.77. The Morgan fingerprint density at radius 3 is 2.25 bits per heavy atom. The van der Waals surface area contributed by atoms with Gasteiger partial charge in [0.1, 0.15) is 0 Å². The number of aliphatic hydroxyl groups is 1. The molecule has 2 atom stereocenters. The molecule has 2 saturated heterocycles. The summed E-state index contributed by atoms with van der Waals surface area (Å²) in [6, 6.07) is 0. The third-order valence-electron chi connectivity index (χ3n) is 2.85. The van der Waals surface area contributed by atoms with Crippen LogP contribution in [0.2, 0.25) is 0 Å². The van der Waals surface area contributed by atoms with E-state index in [1.54, 1.807) is 0 Å². The van der Waals surface area contributed by atoms with Gasteiger partial charge in [0.05, 0.1) is 13.2 Å². The maximum Gasteiger partial charge on any atom is 0.167 e. The lowest BCUT2D eigenvalue weighted by Crippen LogP contribution is -2.61. The molecule has 2 fully saturated rings. The van der Waals surface area contributed by atoms with Crippen LogP contribution in [-0.4, -0.2) is 45.4 Å². The van der Waals surface area contributed by atoms with Gasteiger partial charge in [-0.3, -0.25) is 4.18 Å². The van der Waals surface area contributed by atoms with Gasteiger partial charge >= 0.3 is 0 Å². The Morgan fingerprint density at radius 2 is 1.88 bits per heavy atom. The van der Waals surface area contributed by atoms with Gasteiger partial charge in [-0.05, 0) is 24.2 Å². The second-order valence-corrected chi connectivity index (χ2v) is 7.46. The SMILES string of the molecule is CCSOC1(C2(OCCO)CCS2)CCS1. The van der Waals surface area contributed by atoms with Crippen LogP contribution in [0.1, 0.15) is 19.8 Å². The van der Waals surface area contributed by atoms with Crippen molar-refractivity contribution in [1.82, 2.24) is 0 Å². The molecule has 3 nitrogen and oxygen atoms in total. The molecule has 2 heterocycles. The Bertz CT molecular complexity index is 205. The van der Waals surface area contributed by atoms with Crippen molar-refractivity contribution in [2.75, 3.05) is 30.5 Å². The zero-order valence-electron chi connectivity index (χ0n) is 9.44. The fourth-order valence-electron chi connectivity index (χ4n) is 1.89. The summed E-state index contributed by atoms with van der Waals surface area (Å²) in [5.74, 6) is 3.24. The first-order valence-electron chi connectivity index (χ1n) is 5.62. The van der Waals surface area contributed by atoms with E-state index in [-0.39, 0.29) is 16.5 Å². The van der Waals surface area contributed by atoms with E-state index in [0.29, 0.717) is 6.61 Å². The van der Waals surface area contributed by atoms with Gasteiger partial charge in [-0.2, -0.15) is 0 Å². The molecule has 2 rings (SSSR count). The van der Waals surface area contributed by atoms with Crippen LogP contribution in [0.5, 0.6) is 0 Å². The largest absolute Gasteiger partial charge is 0.394 e. The average molecular weight is 282 g/mol. The minimum atomic E-state index is -0.208. The molecular formula is C10H18O3S3. The second kappa shape index (κ2) is 5.71. The zero-order valence-corrected chi connectivity index (χ0v) is 11.9. The van der Waals surface area contributed by atoms with Gasteiger partial charge in [-0.15, -0.1) is 23.5 Å². The van der Waals surface area contributed by atoms with Crippen molar-refractivity contribution in [3.05, 3.63) is 0 Å². The molecule has 0 radical (unpaired) electrons. The first kappa shape index (κ1) is 13.4. The molecule has 0 spiro atoms. The molecule has 0 bridgehead atoms. The van der Waals surface area contributed by atoms with Gasteiger partial charge in [0.25, 0.3) is 0 Å². The standard InChI is InChI=1S/C10H18O3S3/c1-2-16-13-10(4-8-15-10)9(3-7-14-9)12-6-5-11/h11H,2-8H2,1H3. The van der Waals surface area contributed by atoms with Crippen molar-refractivity contribution in [1.29, 1.82) is 0 Å². The summed E-state index contributed by atoms with van der Waals surface area (Å²) in [7, 11) is 0. The Balaban J connectivity index is 1.99. The topological polar surface area (TPSA) is 38.7 Å². The van der Waals surface area contributed by atoms with E-state index in [9.17, 15) is 0 Å². The molecule has 0 aromatic heterocycles. The van der Waals surface area contributed by atoms with Crippen molar-refractivity contribution in [3.8, 4) is 0 Å². The minimum absolute atomic E-state index is 0.0873. The number of hydrogen-bond donors (Lipinski definition) is 1. The molecule has 6 heteroatoms. The first-order valence-corrected chi connectivity index (χ1v) is 8.50. The molecule has 0 aliphatic carbocycles. The fraction of sp³-hybridized carbons (Fsp3) is 1.00. The smallest absolute Gasteiger partial charge is 0.167 e. The van der Waals surface area contributed by atoms with Crippen LogP contribution in [0.25, 0.3) is 0 Å².